The van der Waals surface area contributed by atoms with Gasteiger partial charge in [0.2, 0.25) is 5.91 Å². The minimum Gasteiger partial charge on any atom is -0.462 e. The minimum atomic E-state index is -0.273. The molecule has 0 fully saturated rings. The maximum atomic E-state index is 10.8. The highest BCUT2D eigenvalue weighted by Gasteiger charge is 2.15. The molecule has 2 rings (SSSR count). The van der Waals surface area contributed by atoms with Crippen molar-refractivity contribution in [3.63, 3.8) is 0 Å². The van der Waals surface area contributed by atoms with Crippen molar-refractivity contribution in [3.8, 4) is 0 Å². The van der Waals surface area contributed by atoms with E-state index < -0.39 is 0 Å². The van der Waals surface area contributed by atoms with Crippen molar-refractivity contribution in [2.45, 2.75) is 13.3 Å². The van der Waals surface area contributed by atoms with Crippen LogP contribution < -0.4 is 5.73 Å². The topological polar surface area (TPSA) is 59.5 Å². The summed E-state index contributed by atoms with van der Waals surface area (Å²) in [6.07, 6.45) is 3.00. The van der Waals surface area contributed by atoms with Crippen molar-refractivity contribution in [2.75, 3.05) is 19.6 Å². The van der Waals surface area contributed by atoms with Crippen molar-refractivity contribution >= 4 is 11.5 Å². The summed E-state index contributed by atoms with van der Waals surface area (Å²) in [5, 5.41) is 0. The largest absolute Gasteiger partial charge is 0.462 e. The van der Waals surface area contributed by atoms with E-state index in [4.69, 9.17) is 10.2 Å². The average Bonchev–Trinajstić information content (AvgIpc) is 2.65. The first-order chi connectivity index (χ1) is 7.65. The number of carbonyl (C=O) groups excluding carboxylic acids is 1. The fourth-order valence-electron chi connectivity index (χ4n) is 1.91. The Labute approximate surface area is 94.7 Å². The summed E-state index contributed by atoms with van der Waals surface area (Å²) in [5.41, 5.74) is 6.37. The number of amides is 1. The number of hydrogen-bond acceptors (Lipinski definition) is 3. The zero-order valence-corrected chi connectivity index (χ0v) is 9.40. The highest BCUT2D eigenvalue weighted by Crippen LogP contribution is 2.23. The molecule has 1 aliphatic rings. The fourth-order valence-corrected chi connectivity index (χ4v) is 1.91. The monoisotopic (exact) mass is 220 g/mol. The molecular weight excluding hydrogens is 204 g/mol. The minimum absolute atomic E-state index is 0.273. The summed E-state index contributed by atoms with van der Waals surface area (Å²) in [6, 6.07) is 3.96. The Morgan fingerprint density at radius 2 is 2.38 bits per heavy atom. The van der Waals surface area contributed by atoms with E-state index in [0.29, 0.717) is 6.54 Å². The van der Waals surface area contributed by atoms with Crippen LogP contribution in [0.4, 0.5) is 0 Å². The van der Waals surface area contributed by atoms with Crippen LogP contribution >= 0.6 is 0 Å². The number of furan rings is 1. The van der Waals surface area contributed by atoms with Crippen LogP contribution in [-0.4, -0.2) is 30.4 Å². The zero-order chi connectivity index (χ0) is 11.5. The Balaban J connectivity index is 2.00. The van der Waals surface area contributed by atoms with E-state index in [1.165, 1.54) is 5.57 Å². The summed E-state index contributed by atoms with van der Waals surface area (Å²) < 4.78 is 5.56. The van der Waals surface area contributed by atoms with Crippen LogP contribution in [0.15, 0.2) is 22.6 Å². The second kappa shape index (κ2) is 4.53. The lowest BCUT2D eigenvalue weighted by atomic mass is 10.1. The van der Waals surface area contributed by atoms with Gasteiger partial charge in [-0.3, -0.25) is 9.69 Å². The maximum Gasteiger partial charge on any atom is 0.231 e. The first-order valence-corrected chi connectivity index (χ1v) is 5.41. The summed E-state index contributed by atoms with van der Waals surface area (Å²) in [4.78, 5) is 12.8. The predicted octanol–water partition coefficient (Wildman–Crippen LogP) is 1.16. The summed E-state index contributed by atoms with van der Waals surface area (Å²) in [6.45, 7) is 3.89. The molecule has 0 saturated carbocycles. The van der Waals surface area contributed by atoms with Crippen molar-refractivity contribution in [1.29, 1.82) is 0 Å². The SMILES string of the molecule is Cc1ccc(C2=CCN(CC(N)=O)CC2)o1. The summed E-state index contributed by atoms with van der Waals surface area (Å²) >= 11 is 0. The zero-order valence-electron chi connectivity index (χ0n) is 9.40. The van der Waals surface area contributed by atoms with Crippen molar-refractivity contribution < 1.29 is 9.21 Å². The number of primary amides is 1. The Morgan fingerprint density at radius 1 is 1.56 bits per heavy atom. The quantitative estimate of drug-likeness (QED) is 0.831. The third kappa shape index (κ3) is 2.52. The van der Waals surface area contributed by atoms with Crippen molar-refractivity contribution in [2.24, 2.45) is 5.73 Å². The first kappa shape index (κ1) is 11.0. The molecule has 0 unspecified atom stereocenters. The molecule has 16 heavy (non-hydrogen) atoms. The molecule has 86 valence electrons. The van der Waals surface area contributed by atoms with E-state index in [9.17, 15) is 4.79 Å². The van der Waals surface area contributed by atoms with E-state index in [0.717, 1.165) is 31.0 Å². The molecule has 4 heteroatoms. The number of nitrogens with zero attached hydrogens (tertiary/aromatic N) is 1. The van der Waals surface area contributed by atoms with E-state index in [1.807, 2.05) is 24.0 Å². The van der Waals surface area contributed by atoms with E-state index in [-0.39, 0.29) is 5.91 Å². The molecule has 0 saturated heterocycles. The van der Waals surface area contributed by atoms with Gasteiger partial charge in [-0.1, -0.05) is 6.08 Å². The van der Waals surface area contributed by atoms with Crippen LogP contribution in [0.3, 0.4) is 0 Å². The van der Waals surface area contributed by atoms with Gasteiger partial charge in [0.25, 0.3) is 0 Å². The maximum absolute atomic E-state index is 10.8. The average molecular weight is 220 g/mol. The standard InChI is InChI=1S/C12H16N2O2/c1-9-2-3-11(16-9)10-4-6-14(7-5-10)8-12(13)15/h2-4H,5-8H2,1H3,(H2,13,15). The molecule has 0 aromatic carbocycles. The first-order valence-electron chi connectivity index (χ1n) is 5.41. The molecule has 4 nitrogen and oxygen atoms in total. The highest BCUT2D eigenvalue weighted by atomic mass is 16.3. The normalized spacial score (nSPS) is 17.2. The van der Waals surface area contributed by atoms with Crippen LogP contribution in [0.25, 0.3) is 5.57 Å². The molecule has 0 bridgehead atoms. The lowest BCUT2D eigenvalue weighted by Gasteiger charge is -2.24. The van der Waals surface area contributed by atoms with Gasteiger partial charge in [-0.2, -0.15) is 0 Å². The smallest absolute Gasteiger partial charge is 0.231 e. The van der Waals surface area contributed by atoms with Crippen LogP contribution in [-0.2, 0) is 4.79 Å². The molecule has 0 radical (unpaired) electrons. The molecule has 1 aromatic rings. The number of carbonyl (C=O) groups is 1. The number of aryl methyl sites for hydroxylation is 1. The molecule has 0 spiro atoms. The van der Waals surface area contributed by atoms with Gasteiger partial charge in [-0.05, 0) is 31.1 Å². The van der Waals surface area contributed by atoms with Gasteiger partial charge in [0, 0.05) is 13.1 Å². The molecule has 1 amide bonds. The third-order valence-corrected chi connectivity index (χ3v) is 2.73. The highest BCUT2D eigenvalue weighted by molar-refractivity contribution is 5.76. The van der Waals surface area contributed by atoms with Gasteiger partial charge >= 0.3 is 0 Å². The van der Waals surface area contributed by atoms with Crippen molar-refractivity contribution in [3.05, 3.63) is 29.7 Å². The summed E-state index contributed by atoms with van der Waals surface area (Å²) in [5.74, 6) is 1.59. The second-order valence-corrected chi connectivity index (χ2v) is 4.09. The van der Waals surface area contributed by atoms with E-state index >= 15 is 0 Å². The Hall–Kier alpha value is -1.55. The van der Waals surface area contributed by atoms with Gasteiger partial charge in [-0.15, -0.1) is 0 Å². The van der Waals surface area contributed by atoms with Crippen molar-refractivity contribution in [1.82, 2.24) is 4.90 Å². The Bertz CT molecular complexity index is 420. The Kier molecular flexibility index (Phi) is 3.10. The second-order valence-electron chi connectivity index (χ2n) is 4.09. The third-order valence-electron chi connectivity index (χ3n) is 2.73. The number of nitrogens with two attached hydrogens (primary N) is 1. The van der Waals surface area contributed by atoms with Gasteiger partial charge in [0.05, 0.1) is 6.54 Å². The lowest BCUT2D eigenvalue weighted by molar-refractivity contribution is -0.119. The fraction of sp³-hybridized carbons (Fsp3) is 0.417. The van der Waals surface area contributed by atoms with Crippen LogP contribution in [0.5, 0.6) is 0 Å². The van der Waals surface area contributed by atoms with Gasteiger partial charge in [0.15, 0.2) is 0 Å². The van der Waals surface area contributed by atoms with Gasteiger partial charge < -0.3 is 10.2 Å². The van der Waals surface area contributed by atoms with Crippen LogP contribution in [0.2, 0.25) is 0 Å². The molecule has 0 aliphatic carbocycles. The lowest BCUT2D eigenvalue weighted by Crippen LogP contribution is -2.36. The molecule has 0 atom stereocenters. The predicted molar refractivity (Wildman–Crippen MR) is 61.7 cm³/mol. The molecule has 1 aliphatic heterocycles. The number of rotatable bonds is 3. The van der Waals surface area contributed by atoms with E-state index in [1.54, 1.807) is 0 Å². The summed E-state index contributed by atoms with van der Waals surface area (Å²) in [7, 11) is 0. The molecule has 2 N–H and O–H groups in total. The van der Waals surface area contributed by atoms with Crippen LogP contribution in [0, 0.1) is 6.92 Å². The molecule has 1 aromatic heterocycles. The molecular formula is C12H16N2O2. The van der Waals surface area contributed by atoms with Gasteiger partial charge in [-0.25, -0.2) is 0 Å². The van der Waals surface area contributed by atoms with E-state index in [2.05, 4.69) is 6.08 Å². The number of hydrogen-bond donors (Lipinski definition) is 1. The Morgan fingerprint density at radius 3 is 2.88 bits per heavy atom. The van der Waals surface area contributed by atoms with Crippen LogP contribution in [0.1, 0.15) is 17.9 Å². The molecule has 2 heterocycles. The van der Waals surface area contributed by atoms with Gasteiger partial charge in [0.1, 0.15) is 11.5 Å².